The van der Waals surface area contributed by atoms with Gasteiger partial charge in [0.15, 0.2) is 0 Å². The molecule has 0 fully saturated rings. The number of nitrogens with one attached hydrogen (secondary N) is 2. The first kappa shape index (κ1) is 21.5. The van der Waals surface area contributed by atoms with Crippen LogP contribution in [0.2, 0.25) is 0 Å². The summed E-state index contributed by atoms with van der Waals surface area (Å²) in [5.74, 6) is 0.918. The molecule has 1 unspecified atom stereocenters. The van der Waals surface area contributed by atoms with Gasteiger partial charge in [0.1, 0.15) is 5.75 Å². The van der Waals surface area contributed by atoms with Crippen molar-refractivity contribution in [3.63, 3.8) is 0 Å². The fourth-order valence-electron chi connectivity index (χ4n) is 2.48. The SMILES string of the molecule is CCC(C)C(=O)Nc1cccc(CNC(=O)c2cccc(OCC(C)C)c2)c1. The van der Waals surface area contributed by atoms with Gasteiger partial charge in [0.25, 0.3) is 5.91 Å². The molecule has 0 aliphatic carbocycles. The number of anilines is 1. The molecule has 2 rings (SSSR count). The Hall–Kier alpha value is -2.82. The van der Waals surface area contributed by atoms with E-state index in [4.69, 9.17) is 4.74 Å². The Morgan fingerprint density at radius 2 is 1.79 bits per heavy atom. The van der Waals surface area contributed by atoms with Crippen molar-refractivity contribution in [2.45, 2.75) is 40.7 Å². The molecule has 150 valence electrons. The number of hydrogen-bond donors (Lipinski definition) is 2. The van der Waals surface area contributed by atoms with E-state index >= 15 is 0 Å². The van der Waals surface area contributed by atoms with Gasteiger partial charge < -0.3 is 15.4 Å². The highest BCUT2D eigenvalue weighted by Gasteiger charge is 2.11. The maximum Gasteiger partial charge on any atom is 0.251 e. The Balaban J connectivity index is 1.95. The van der Waals surface area contributed by atoms with E-state index in [1.807, 2.05) is 50.2 Å². The molecular weight excluding hydrogens is 352 g/mol. The predicted molar refractivity (Wildman–Crippen MR) is 112 cm³/mol. The number of carbonyl (C=O) groups is 2. The highest BCUT2D eigenvalue weighted by atomic mass is 16.5. The van der Waals surface area contributed by atoms with Gasteiger partial charge in [-0.3, -0.25) is 9.59 Å². The summed E-state index contributed by atoms with van der Waals surface area (Å²) in [5.41, 5.74) is 2.21. The molecule has 0 aliphatic heterocycles. The number of rotatable bonds is 9. The summed E-state index contributed by atoms with van der Waals surface area (Å²) in [4.78, 5) is 24.5. The quantitative estimate of drug-likeness (QED) is 0.664. The molecule has 0 saturated heterocycles. The van der Waals surface area contributed by atoms with Crippen LogP contribution in [0.4, 0.5) is 5.69 Å². The lowest BCUT2D eigenvalue weighted by Crippen LogP contribution is -2.23. The number of hydrogen-bond acceptors (Lipinski definition) is 3. The van der Waals surface area contributed by atoms with Crippen molar-refractivity contribution in [1.82, 2.24) is 5.32 Å². The van der Waals surface area contributed by atoms with Gasteiger partial charge in [0, 0.05) is 23.7 Å². The normalized spacial score (nSPS) is 11.8. The highest BCUT2D eigenvalue weighted by molar-refractivity contribution is 5.94. The maximum absolute atomic E-state index is 12.5. The molecule has 2 aromatic carbocycles. The van der Waals surface area contributed by atoms with E-state index in [9.17, 15) is 9.59 Å². The fraction of sp³-hybridized carbons (Fsp3) is 0.391. The van der Waals surface area contributed by atoms with E-state index in [0.29, 0.717) is 30.4 Å². The third kappa shape index (κ3) is 6.72. The van der Waals surface area contributed by atoms with Gasteiger partial charge in [-0.1, -0.05) is 45.9 Å². The molecule has 2 aromatic rings. The average Bonchev–Trinajstić information content (AvgIpc) is 2.70. The first-order valence-corrected chi connectivity index (χ1v) is 9.80. The summed E-state index contributed by atoms with van der Waals surface area (Å²) >= 11 is 0. The van der Waals surface area contributed by atoms with Crippen LogP contribution in [0.5, 0.6) is 5.75 Å². The minimum atomic E-state index is -0.163. The van der Waals surface area contributed by atoms with Crippen molar-refractivity contribution in [1.29, 1.82) is 0 Å². The second-order valence-corrected chi connectivity index (χ2v) is 7.41. The minimum Gasteiger partial charge on any atom is -0.493 e. The third-order valence-corrected chi connectivity index (χ3v) is 4.39. The van der Waals surface area contributed by atoms with Crippen LogP contribution in [0.25, 0.3) is 0 Å². The van der Waals surface area contributed by atoms with Crippen molar-refractivity contribution >= 4 is 17.5 Å². The smallest absolute Gasteiger partial charge is 0.251 e. The van der Waals surface area contributed by atoms with E-state index in [0.717, 1.165) is 17.7 Å². The maximum atomic E-state index is 12.5. The molecule has 28 heavy (non-hydrogen) atoms. The summed E-state index contributed by atoms with van der Waals surface area (Å²) in [5, 5.41) is 5.83. The minimum absolute atomic E-state index is 0.00176. The van der Waals surface area contributed by atoms with Gasteiger partial charge in [0.2, 0.25) is 5.91 Å². The molecule has 1 atom stereocenters. The Bertz CT molecular complexity index is 802. The summed E-state index contributed by atoms with van der Waals surface area (Å²) in [6.07, 6.45) is 0.793. The fourth-order valence-corrected chi connectivity index (χ4v) is 2.48. The van der Waals surface area contributed by atoms with Crippen LogP contribution < -0.4 is 15.4 Å². The number of amides is 2. The Labute approximate surface area is 167 Å². The second kappa shape index (κ2) is 10.5. The van der Waals surface area contributed by atoms with E-state index < -0.39 is 0 Å². The van der Waals surface area contributed by atoms with Crippen LogP contribution in [0.15, 0.2) is 48.5 Å². The summed E-state index contributed by atoms with van der Waals surface area (Å²) in [6.45, 7) is 9.03. The molecule has 0 heterocycles. The van der Waals surface area contributed by atoms with Gasteiger partial charge in [-0.05, 0) is 48.2 Å². The monoisotopic (exact) mass is 382 g/mol. The Morgan fingerprint density at radius 3 is 2.50 bits per heavy atom. The Kier molecular flexibility index (Phi) is 8.05. The zero-order valence-corrected chi connectivity index (χ0v) is 17.1. The van der Waals surface area contributed by atoms with Gasteiger partial charge in [-0.15, -0.1) is 0 Å². The van der Waals surface area contributed by atoms with Crippen molar-refractivity contribution < 1.29 is 14.3 Å². The molecular formula is C23H30N2O3. The number of ether oxygens (including phenoxy) is 1. The first-order chi connectivity index (χ1) is 13.4. The van der Waals surface area contributed by atoms with Crippen LogP contribution in [-0.4, -0.2) is 18.4 Å². The first-order valence-electron chi connectivity index (χ1n) is 9.80. The van der Waals surface area contributed by atoms with Crippen LogP contribution in [0.3, 0.4) is 0 Å². The molecule has 2 amide bonds. The van der Waals surface area contributed by atoms with E-state index in [1.165, 1.54) is 0 Å². The average molecular weight is 383 g/mol. The predicted octanol–water partition coefficient (Wildman–Crippen LogP) is 4.64. The van der Waals surface area contributed by atoms with Crippen LogP contribution >= 0.6 is 0 Å². The summed E-state index contributed by atoms with van der Waals surface area (Å²) in [6, 6.07) is 14.7. The van der Waals surface area contributed by atoms with Crippen LogP contribution in [0, 0.1) is 11.8 Å². The van der Waals surface area contributed by atoms with Gasteiger partial charge in [-0.2, -0.15) is 0 Å². The van der Waals surface area contributed by atoms with E-state index in [2.05, 4.69) is 24.5 Å². The zero-order valence-electron chi connectivity index (χ0n) is 17.1. The van der Waals surface area contributed by atoms with Gasteiger partial charge >= 0.3 is 0 Å². The van der Waals surface area contributed by atoms with E-state index in [-0.39, 0.29) is 17.7 Å². The largest absolute Gasteiger partial charge is 0.493 e. The lowest BCUT2D eigenvalue weighted by atomic mass is 10.1. The molecule has 0 bridgehead atoms. The van der Waals surface area contributed by atoms with Crippen molar-refractivity contribution in [2.75, 3.05) is 11.9 Å². The molecule has 5 nitrogen and oxygen atoms in total. The molecule has 5 heteroatoms. The van der Waals surface area contributed by atoms with E-state index in [1.54, 1.807) is 12.1 Å². The van der Waals surface area contributed by atoms with Gasteiger partial charge in [-0.25, -0.2) is 0 Å². The summed E-state index contributed by atoms with van der Waals surface area (Å²) in [7, 11) is 0. The lowest BCUT2D eigenvalue weighted by Gasteiger charge is -2.12. The molecule has 0 spiro atoms. The topological polar surface area (TPSA) is 67.4 Å². The molecule has 0 aromatic heterocycles. The molecule has 2 N–H and O–H groups in total. The molecule has 0 radical (unpaired) electrons. The second-order valence-electron chi connectivity index (χ2n) is 7.41. The Morgan fingerprint density at radius 1 is 1.04 bits per heavy atom. The molecule has 0 aliphatic rings. The van der Waals surface area contributed by atoms with Crippen molar-refractivity contribution in [2.24, 2.45) is 11.8 Å². The summed E-state index contributed by atoms with van der Waals surface area (Å²) < 4.78 is 5.68. The molecule has 0 saturated carbocycles. The van der Waals surface area contributed by atoms with Crippen molar-refractivity contribution in [3.8, 4) is 5.75 Å². The van der Waals surface area contributed by atoms with Crippen LogP contribution in [-0.2, 0) is 11.3 Å². The van der Waals surface area contributed by atoms with Crippen LogP contribution in [0.1, 0.15) is 50.0 Å². The van der Waals surface area contributed by atoms with Gasteiger partial charge in [0.05, 0.1) is 6.61 Å². The van der Waals surface area contributed by atoms with Crippen molar-refractivity contribution in [3.05, 3.63) is 59.7 Å². The third-order valence-electron chi connectivity index (χ3n) is 4.39. The number of benzene rings is 2. The standard InChI is InChI=1S/C23H30N2O3/c1-5-17(4)22(26)25-20-10-6-8-18(12-20)14-24-23(27)19-9-7-11-21(13-19)28-15-16(2)3/h6-13,16-17H,5,14-15H2,1-4H3,(H,24,27)(H,25,26). The zero-order chi connectivity index (χ0) is 20.5. The number of carbonyl (C=O) groups excluding carboxylic acids is 2. The highest BCUT2D eigenvalue weighted by Crippen LogP contribution is 2.16. The lowest BCUT2D eigenvalue weighted by molar-refractivity contribution is -0.119.